The van der Waals surface area contributed by atoms with Gasteiger partial charge in [-0.3, -0.25) is 9.59 Å². The van der Waals surface area contributed by atoms with E-state index in [0.717, 1.165) is 12.8 Å². The lowest BCUT2D eigenvalue weighted by Gasteiger charge is -2.15. The summed E-state index contributed by atoms with van der Waals surface area (Å²) >= 11 is 0. The summed E-state index contributed by atoms with van der Waals surface area (Å²) in [5.41, 5.74) is 0. The Bertz CT molecular complexity index is 286. The van der Waals surface area contributed by atoms with Crippen LogP contribution in [0.5, 0.6) is 0 Å². The molecule has 2 fully saturated rings. The minimum atomic E-state index is -0.749. The van der Waals surface area contributed by atoms with Crippen LogP contribution in [0.25, 0.3) is 0 Å². The zero-order valence-corrected chi connectivity index (χ0v) is 9.15. The molecular formula is C11H17NO4. The first kappa shape index (κ1) is 11.4. The average Bonchev–Trinajstić information content (AvgIpc) is 2.87. The van der Waals surface area contributed by atoms with E-state index in [0.29, 0.717) is 26.1 Å². The molecular weight excluding hydrogens is 210 g/mol. The molecule has 0 bridgehead atoms. The minimum Gasteiger partial charge on any atom is -0.481 e. The second-order valence-electron chi connectivity index (χ2n) is 4.61. The van der Waals surface area contributed by atoms with Crippen LogP contribution in [0, 0.1) is 11.8 Å². The number of carbonyl (C=O) groups is 2. The zero-order valence-electron chi connectivity index (χ0n) is 9.15. The molecule has 0 aromatic carbocycles. The van der Waals surface area contributed by atoms with Crippen molar-refractivity contribution in [1.29, 1.82) is 0 Å². The van der Waals surface area contributed by atoms with Gasteiger partial charge in [-0.25, -0.2) is 0 Å². The predicted molar refractivity (Wildman–Crippen MR) is 55.8 cm³/mol. The van der Waals surface area contributed by atoms with Gasteiger partial charge in [0.2, 0.25) is 5.91 Å². The molecule has 1 saturated carbocycles. The predicted octanol–water partition coefficient (Wildman–Crippen LogP) is 0.392. The highest BCUT2D eigenvalue weighted by molar-refractivity contribution is 5.79. The number of carboxylic acids is 1. The molecule has 90 valence electrons. The molecule has 2 N–H and O–H groups in total. The molecule has 1 heterocycles. The standard InChI is InChI=1S/C11H17NO4/c13-10(8-3-4-16-6-8)12-9-2-1-7(5-9)11(14)15/h7-9H,1-6H2,(H,12,13)(H,14,15)/t7-,8?,9+/m1/s1. The molecule has 1 saturated heterocycles. The molecule has 0 aromatic rings. The van der Waals surface area contributed by atoms with Gasteiger partial charge in [-0.05, 0) is 25.7 Å². The number of hydrogen-bond donors (Lipinski definition) is 2. The summed E-state index contributed by atoms with van der Waals surface area (Å²) in [6.07, 6.45) is 2.79. The Morgan fingerprint density at radius 1 is 1.19 bits per heavy atom. The highest BCUT2D eigenvalue weighted by Crippen LogP contribution is 2.26. The van der Waals surface area contributed by atoms with Crippen LogP contribution >= 0.6 is 0 Å². The van der Waals surface area contributed by atoms with Crippen molar-refractivity contribution in [2.45, 2.75) is 31.7 Å². The first-order valence-corrected chi connectivity index (χ1v) is 5.77. The van der Waals surface area contributed by atoms with E-state index < -0.39 is 5.97 Å². The van der Waals surface area contributed by atoms with Crippen LogP contribution in [0.4, 0.5) is 0 Å². The van der Waals surface area contributed by atoms with Gasteiger partial charge >= 0.3 is 5.97 Å². The van der Waals surface area contributed by atoms with E-state index in [4.69, 9.17) is 9.84 Å². The van der Waals surface area contributed by atoms with E-state index in [9.17, 15) is 9.59 Å². The summed E-state index contributed by atoms with van der Waals surface area (Å²) in [4.78, 5) is 22.5. The summed E-state index contributed by atoms with van der Waals surface area (Å²) in [7, 11) is 0. The number of hydrogen-bond acceptors (Lipinski definition) is 3. The maximum atomic E-state index is 11.7. The number of aliphatic carboxylic acids is 1. The van der Waals surface area contributed by atoms with Gasteiger partial charge in [0.05, 0.1) is 18.4 Å². The first-order valence-electron chi connectivity index (χ1n) is 5.77. The molecule has 0 radical (unpaired) electrons. The quantitative estimate of drug-likeness (QED) is 0.731. The molecule has 5 nitrogen and oxygen atoms in total. The van der Waals surface area contributed by atoms with Crippen molar-refractivity contribution >= 4 is 11.9 Å². The lowest BCUT2D eigenvalue weighted by atomic mass is 10.1. The second kappa shape index (κ2) is 4.82. The maximum Gasteiger partial charge on any atom is 0.306 e. The lowest BCUT2D eigenvalue weighted by Crippen LogP contribution is -2.38. The molecule has 2 rings (SSSR count). The fraction of sp³-hybridized carbons (Fsp3) is 0.818. The lowest BCUT2D eigenvalue weighted by molar-refractivity contribution is -0.141. The SMILES string of the molecule is O=C(N[C@H]1CC[C@@H](C(=O)O)C1)C1CCOC1. The van der Waals surface area contributed by atoms with Gasteiger partial charge in [-0.1, -0.05) is 0 Å². The number of carbonyl (C=O) groups excluding carboxylic acids is 1. The van der Waals surface area contributed by atoms with Crippen LogP contribution in [0.1, 0.15) is 25.7 Å². The summed E-state index contributed by atoms with van der Waals surface area (Å²) in [5, 5.41) is 11.8. The zero-order chi connectivity index (χ0) is 11.5. The van der Waals surface area contributed by atoms with Crippen LogP contribution in [0.15, 0.2) is 0 Å². The van der Waals surface area contributed by atoms with Crippen molar-refractivity contribution in [3.63, 3.8) is 0 Å². The van der Waals surface area contributed by atoms with Gasteiger partial charge in [-0.2, -0.15) is 0 Å². The number of ether oxygens (including phenoxy) is 1. The molecule has 1 aliphatic heterocycles. The first-order chi connectivity index (χ1) is 7.66. The largest absolute Gasteiger partial charge is 0.481 e. The maximum absolute atomic E-state index is 11.7. The molecule has 0 aromatic heterocycles. The van der Waals surface area contributed by atoms with Crippen molar-refractivity contribution in [3.8, 4) is 0 Å². The topological polar surface area (TPSA) is 75.6 Å². The number of amides is 1. The van der Waals surface area contributed by atoms with Crippen LogP contribution in [-0.2, 0) is 14.3 Å². The Kier molecular flexibility index (Phi) is 3.43. The van der Waals surface area contributed by atoms with Crippen LogP contribution in [0.2, 0.25) is 0 Å². The van der Waals surface area contributed by atoms with Crippen LogP contribution in [0.3, 0.4) is 0 Å². The third kappa shape index (κ3) is 2.52. The van der Waals surface area contributed by atoms with E-state index in [1.54, 1.807) is 0 Å². The summed E-state index contributed by atoms with van der Waals surface area (Å²) in [5.74, 6) is -1.05. The van der Waals surface area contributed by atoms with E-state index in [1.165, 1.54) is 0 Å². The van der Waals surface area contributed by atoms with Gasteiger partial charge in [0.25, 0.3) is 0 Å². The van der Waals surface area contributed by atoms with Crippen LogP contribution in [-0.4, -0.2) is 36.2 Å². The Balaban J connectivity index is 1.78. The number of carboxylic acid groups (broad SMARTS) is 1. The summed E-state index contributed by atoms with van der Waals surface area (Å²) in [6, 6.07) is 0.0363. The number of rotatable bonds is 3. The van der Waals surface area contributed by atoms with Gasteiger partial charge in [0, 0.05) is 12.6 Å². The van der Waals surface area contributed by atoms with Gasteiger partial charge in [0.15, 0.2) is 0 Å². The highest BCUT2D eigenvalue weighted by Gasteiger charge is 2.32. The third-order valence-corrected chi connectivity index (χ3v) is 3.43. The molecule has 5 heteroatoms. The smallest absolute Gasteiger partial charge is 0.306 e. The summed E-state index contributed by atoms with van der Waals surface area (Å²) in [6.45, 7) is 1.15. The fourth-order valence-electron chi connectivity index (χ4n) is 2.40. The molecule has 1 aliphatic carbocycles. The fourth-order valence-corrected chi connectivity index (χ4v) is 2.40. The average molecular weight is 227 g/mol. The highest BCUT2D eigenvalue weighted by atomic mass is 16.5. The third-order valence-electron chi connectivity index (χ3n) is 3.43. The molecule has 0 spiro atoms. The Morgan fingerprint density at radius 3 is 2.56 bits per heavy atom. The van der Waals surface area contributed by atoms with Crippen LogP contribution < -0.4 is 5.32 Å². The molecule has 2 aliphatic rings. The van der Waals surface area contributed by atoms with Gasteiger partial charge in [-0.15, -0.1) is 0 Å². The van der Waals surface area contributed by atoms with Gasteiger partial charge < -0.3 is 15.2 Å². The number of nitrogens with one attached hydrogen (secondary N) is 1. The molecule has 1 unspecified atom stereocenters. The molecule has 1 amide bonds. The van der Waals surface area contributed by atoms with Crippen molar-refractivity contribution < 1.29 is 19.4 Å². The van der Waals surface area contributed by atoms with E-state index in [-0.39, 0.29) is 23.8 Å². The Hall–Kier alpha value is -1.10. The molecule has 3 atom stereocenters. The van der Waals surface area contributed by atoms with E-state index in [2.05, 4.69) is 5.32 Å². The Labute approximate surface area is 94.2 Å². The minimum absolute atomic E-state index is 0.0218. The van der Waals surface area contributed by atoms with Crippen molar-refractivity contribution in [1.82, 2.24) is 5.32 Å². The molecule has 16 heavy (non-hydrogen) atoms. The van der Waals surface area contributed by atoms with Crippen molar-refractivity contribution in [2.24, 2.45) is 11.8 Å². The normalized spacial score (nSPS) is 33.9. The second-order valence-corrected chi connectivity index (χ2v) is 4.61. The van der Waals surface area contributed by atoms with Crippen molar-refractivity contribution in [3.05, 3.63) is 0 Å². The monoisotopic (exact) mass is 227 g/mol. The van der Waals surface area contributed by atoms with Crippen molar-refractivity contribution in [2.75, 3.05) is 13.2 Å². The Morgan fingerprint density at radius 2 is 2.00 bits per heavy atom. The van der Waals surface area contributed by atoms with E-state index >= 15 is 0 Å². The van der Waals surface area contributed by atoms with Gasteiger partial charge in [0.1, 0.15) is 0 Å². The summed E-state index contributed by atoms with van der Waals surface area (Å²) < 4.78 is 5.15. The van der Waals surface area contributed by atoms with E-state index in [1.807, 2.05) is 0 Å².